The highest BCUT2D eigenvalue weighted by atomic mass is 32.2. The van der Waals surface area contributed by atoms with E-state index in [4.69, 9.17) is 0 Å². The van der Waals surface area contributed by atoms with Crippen molar-refractivity contribution in [3.05, 3.63) is 65.7 Å². The molecule has 0 aliphatic carbocycles. The molecular formula is C23H29N3O4S. The van der Waals surface area contributed by atoms with Crippen molar-refractivity contribution in [1.82, 2.24) is 14.5 Å². The second-order valence-electron chi connectivity index (χ2n) is 7.91. The number of hydrogen-bond donors (Lipinski definition) is 1. The Kier molecular flexibility index (Phi) is 7.46. The lowest BCUT2D eigenvalue weighted by molar-refractivity contribution is -0.132. The van der Waals surface area contributed by atoms with Gasteiger partial charge in [-0.05, 0) is 35.7 Å². The van der Waals surface area contributed by atoms with E-state index in [9.17, 15) is 18.0 Å². The predicted molar refractivity (Wildman–Crippen MR) is 119 cm³/mol. The van der Waals surface area contributed by atoms with Crippen LogP contribution in [-0.2, 0) is 14.8 Å². The third-order valence-corrected chi connectivity index (χ3v) is 6.91. The summed E-state index contributed by atoms with van der Waals surface area (Å²) >= 11 is 0. The molecule has 7 nitrogen and oxygen atoms in total. The zero-order chi connectivity index (χ0) is 22.4. The van der Waals surface area contributed by atoms with E-state index in [1.165, 1.54) is 0 Å². The first-order valence-corrected chi connectivity index (χ1v) is 12.0. The summed E-state index contributed by atoms with van der Waals surface area (Å²) in [6, 6.07) is 15.9. The van der Waals surface area contributed by atoms with Crippen molar-refractivity contribution in [1.29, 1.82) is 0 Å². The van der Waals surface area contributed by atoms with Gasteiger partial charge >= 0.3 is 0 Å². The fourth-order valence-corrected chi connectivity index (χ4v) is 4.52. The minimum absolute atomic E-state index is 0.0380. The molecule has 3 rings (SSSR count). The number of carbonyl (C=O) groups excluding carboxylic acids is 2. The first-order chi connectivity index (χ1) is 14.8. The van der Waals surface area contributed by atoms with E-state index >= 15 is 0 Å². The molecule has 0 aromatic heterocycles. The van der Waals surface area contributed by atoms with Gasteiger partial charge in [-0.2, -0.15) is 0 Å². The average Bonchev–Trinajstić information content (AvgIpc) is 2.79. The van der Waals surface area contributed by atoms with Gasteiger partial charge < -0.3 is 9.80 Å². The van der Waals surface area contributed by atoms with Gasteiger partial charge in [-0.15, -0.1) is 0 Å². The first kappa shape index (κ1) is 23.0. The van der Waals surface area contributed by atoms with Crippen molar-refractivity contribution in [2.75, 3.05) is 32.7 Å². The summed E-state index contributed by atoms with van der Waals surface area (Å²) in [6.45, 7) is 5.95. The van der Waals surface area contributed by atoms with Gasteiger partial charge in [0.15, 0.2) is 0 Å². The van der Waals surface area contributed by atoms with Gasteiger partial charge in [0, 0.05) is 44.7 Å². The summed E-state index contributed by atoms with van der Waals surface area (Å²) in [5.74, 6) is 0.166. The quantitative estimate of drug-likeness (QED) is 0.712. The van der Waals surface area contributed by atoms with Gasteiger partial charge in [0.05, 0.1) is 4.90 Å². The number of rotatable bonds is 7. The molecule has 0 saturated carbocycles. The van der Waals surface area contributed by atoms with Crippen LogP contribution in [0.4, 0.5) is 0 Å². The van der Waals surface area contributed by atoms with E-state index < -0.39 is 10.0 Å². The number of amides is 2. The molecule has 0 bridgehead atoms. The molecule has 1 aliphatic rings. The van der Waals surface area contributed by atoms with Crippen molar-refractivity contribution >= 4 is 21.8 Å². The van der Waals surface area contributed by atoms with Gasteiger partial charge in [-0.3, -0.25) is 9.59 Å². The van der Waals surface area contributed by atoms with E-state index in [2.05, 4.69) is 4.72 Å². The number of benzene rings is 2. The SMILES string of the molecule is CC(C)c1ccc(S(=O)(=O)NCCC(=O)N2CCN(C(=O)c3ccccc3)CC2)cc1. The van der Waals surface area contributed by atoms with Crippen molar-refractivity contribution in [2.45, 2.75) is 31.1 Å². The second-order valence-corrected chi connectivity index (χ2v) is 9.68. The molecule has 0 unspecified atom stereocenters. The molecule has 1 heterocycles. The third kappa shape index (κ3) is 5.92. The fraction of sp³-hybridized carbons (Fsp3) is 0.391. The lowest BCUT2D eigenvalue weighted by atomic mass is 10.0. The first-order valence-electron chi connectivity index (χ1n) is 10.5. The van der Waals surface area contributed by atoms with E-state index in [1.807, 2.05) is 32.0 Å². The zero-order valence-electron chi connectivity index (χ0n) is 18.0. The largest absolute Gasteiger partial charge is 0.339 e. The summed E-state index contributed by atoms with van der Waals surface area (Å²) in [5.41, 5.74) is 1.71. The van der Waals surface area contributed by atoms with Gasteiger partial charge in [0.25, 0.3) is 5.91 Å². The van der Waals surface area contributed by atoms with Gasteiger partial charge in [-0.25, -0.2) is 13.1 Å². The molecule has 1 fully saturated rings. The highest BCUT2D eigenvalue weighted by Gasteiger charge is 2.25. The van der Waals surface area contributed by atoms with Crippen LogP contribution in [0.15, 0.2) is 59.5 Å². The summed E-state index contributed by atoms with van der Waals surface area (Å²) in [6.07, 6.45) is 0.0793. The van der Waals surface area contributed by atoms with Crippen LogP contribution in [0.5, 0.6) is 0 Å². The lowest BCUT2D eigenvalue weighted by Crippen LogP contribution is -2.51. The number of piperazine rings is 1. The zero-order valence-corrected chi connectivity index (χ0v) is 18.8. The van der Waals surface area contributed by atoms with Crippen LogP contribution in [0, 0.1) is 0 Å². The smallest absolute Gasteiger partial charge is 0.253 e. The molecule has 2 amide bonds. The molecule has 1 saturated heterocycles. The van der Waals surface area contributed by atoms with Gasteiger partial charge in [0.2, 0.25) is 15.9 Å². The Morgan fingerprint density at radius 1 is 0.903 bits per heavy atom. The van der Waals surface area contributed by atoms with E-state index in [0.717, 1.165) is 5.56 Å². The molecule has 0 atom stereocenters. The predicted octanol–water partition coefficient (Wildman–Crippen LogP) is 2.46. The molecule has 31 heavy (non-hydrogen) atoms. The number of carbonyl (C=O) groups is 2. The van der Waals surface area contributed by atoms with Crippen molar-refractivity contribution < 1.29 is 18.0 Å². The van der Waals surface area contributed by atoms with Crippen LogP contribution in [0.2, 0.25) is 0 Å². The van der Waals surface area contributed by atoms with E-state index in [0.29, 0.717) is 37.7 Å². The van der Waals surface area contributed by atoms with Crippen LogP contribution in [-0.4, -0.2) is 62.8 Å². The van der Waals surface area contributed by atoms with Gasteiger partial charge in [-0.1, -0.05) is 44.2 Å². The summed E-state index contributed by atoms with van der Waals surface area (Å²) in [7, 11) is -3.65. The molecule has 1 aliphatic heterocycles. The Labute approximate surface area is 184 Å². The maximum atomic E-state index is 12.5. The Morgan fingerprint density at radius 2 is 1.48 bits per heavy atom. The highest BCUT2D eigenvalue weighted by molar-refractivity contribution is 7.89. The Bertz CT molecular complexity index is 997. The number of nitrogens with zero attached hydrogens (tertiary/aromatic N) is 2. The molecule has 0 spiro atoms. The second kappa shape index (κ2) is 10.1. The molecule has 0 radical (unpaired) electrons. The summed E-state index contributed by atoms with van der Waals surface area (Å²) < 4.78 is 27.4. The Balaban J connectivity index is 1.45. The molecule has 8 heteroatoms. The molecule has 166 valence electrons. The third-order valence-electron chi connectivity index (χ3n) is 5.43. The standard InChI is InChI=1S/C23H29N3O4S/c1-18(2)19-8-10-21(11-9-19)31(29,30)24-13-12-22(27)25-14-16-26(17-15-25)23(28)20-6-4-3-5-7-20/h3-11,18,24H,12-17H2,1-2H3. The molecule has 1 N–H and O–H groups in total. The van der Waals surface area contributed by atoms with Crippen LogP contribution in [0.1, 0.15) is 42.1 Å². The summed E-state index contributed by atoms with van der Waals surface area (Å²) in [4.78, 5) is 28.6. The average molecular weight is 444 g/mol. The normalized spacial score (nSPS) is 14.7. The van der Waals surface area contributed by atoms with Crippen LogP contribution >= 0.6 is 0 Å². The van der Waals surface area contributed by atoms with Crippen LogP contribution in [0.25, 0.3) is 0 Å². The van der Waals surface area contributed by atoms with E-state index in [1.54, 1.807) is 46.2 Å². The lowest BCUT2D eigenvalue weighted by Gasteiger charge is -2.35. The maximum absolute atomic E-state index is 12.5. The molecular weight excluding hydrogens is 414 g/mol. The Hall–Kier alpha value is -2.71. The number of nitrogens with one attached hydrogen (secondary N) is 1. The van der Waals surface area contributed by atoms with E-state index in [-0.39, 0.29) is 29.7 Å². The van der Waals surface area contributed by atoms with Crippen molar-refractivity contribution in [3.8, 4) is 0 Å². The maximum Gasteiger partial charge on any atom is 0.253 e. The number of sulfonamides is 1. The van der Waals surface area contributed by atoms with Crippen molar-refractivity contribution in [3.63, 3.8) is 0 Å². The molecule has 2 aromatic carbocycles. The van der Waals surface area contributed by atoms with Crippen molar-refractivity contribution in [2.24, 2.45) is 0 Å². The topological polar surface area (TPSA) is 86.8 Å². The fourth-order valence-electron chi connectivity index (χ4n) is 3.49. The minimum atomic E-state index is -3.65. The summed E-state index contributed by atoms with van der Waals surface area (Å²) in [5, 5.41) is 0. The Morgan fingerprint density at radius 3 is 2.06 bits per heavy atom. The monoisotopic (exact) mass is 443 g/mol. The van der Waals surface area contributed by atoms with Crippen LogP contribution in [0.3, 0.4) is 0 Å². The highest BCUT2D eigenvalue weighted by Crippen LogP contribution is 2.17. The van der Waals surface area contributed by atoms with Crippen LogP contribution < -0.4 is 4.72 Å². The minimum Gasteiger partial charge on any atom is -0.339 e. The molecule has 2 aromatic rings. The van der Waals surface area contributed by atoms with Gasteiger partial charge in [0.1, 0.15) is 0 Å². The number of hydrogen-bond acceptors (Lipinski definition) is 4.